The van der Waals surface area contributed by atoms with Crippen LogP contribution in [0, 0.1) is 10.1 Å². The van der Waals surface area contributed by atoms with Crippen LogP contribution in [0.5, 0.6) is 0 Å². The molecule has 0 radical (unpaired) electrons. The molecule has 0 atom stereocenters. The molecule has 7 nitrogen and oxygen atoms in total. The van der Waals surface area contributed by atoms with Crippen LogP contribution in [-0.4, -0.2) is 10.8 Å². The third kappa shape index (κ3) is 2.08. The monoisotopic (exact) mass is 211 g/mol. The zero-order valence-corrected chi connectivity index (χ0v) is 8.14. The molecule has 0 aliphatic rings. The SMILES string of the molecule is C[n+]1cc([N+](=O)[O-])cc(C(N)=O)c1CN. The molecule has 1 aromatic heterocycles. The zero-order chi connectivity index (χ0) is 11.6. The van der Waals surface area contributed by atoms with Crippen molar-refractivity contribution < 1.29 is 14.3 Å². The maximum Gasteiger partial charge on any atom is 0.333 e. The van der Waals surface area contributed by atoms with Crippen LogP contribution in [0.25, 0.3) is 0 Å². The van der Waals surface area contributed by atoms with Crippen LogP contribution in [-0.2, 0) is 13.6 Å². The first-order chi connectivity index (χ1) is 6.97. The van der Waals surface area contributed by atoms with Crippen molar-refractivity contribution >= 4 is 11.6 Å². The van der Waals surface area contributed by atoms with Gasteiger partial charge in [-0.15, -0.1) is 0 Å². The Labute approximate surface area is 85.5 Å². The van der Waals surface area contributed by atoms with E-state index in [4.69, 9.17) is 11.5 Å². The Morgan fingerprint density at radius 2 is 2.27 bits per heavy atom. The van der Waals surface area contributed by atoms with Gasteiger partial charge in [0.2, 0.25) is 11.9 Å². The number of hydrogen-bond acceptors (Lipinski definition) is 4. The molecular weight excluding hydrogens is 200 g/mol. The van der Waals surface area contributed by atoms with Crippen LogP contribution in [0.15, 0.2) is 12.3 Å². The molecular formula is C8H11N4O3+. The van der Waals surface area contributed by atoms with Gasteiger partial charge in [-0.2, -0.15) is 4.57 Å². The second kappa shape index (κ2) is 4.01. The average Bonchev–Trinajstić information content (AvgIpc) is 2.16. The molecule has 0 bridgehead atoms. The van der Waals surface area contributed by atoms with E-state index in [1.807, 2.05) is 0 Å². The third-order valence-electron chi connectivity index (χ3n) is 2.02. The zero-order valence-electron chi connectivity index (χ0n) is 8.14. The van der Waals surface area contributed by atoms with Crippen molar-refractivity contribution in [3.05, 3.63) is 33.6 Å². The highest BCUT2D eigenvalue weighted by Crippen LogP contribution is 2.12. The molecule has 1 amide bonds. The Bertz CT molecular complexity index is 430. The van der Waals surface area contributed by atoms with E-state index in [9.17, 15) is 14.9 Å². The van der Waals surface area contributed by atoms with Gasteiger partial charge in [0.1, 0.15) is 12.6 Å². The molecule has 0 saturated carbocycles. The summed E-state index contributed by atoms with van der Waals surface area (Å²) in [6, 6.07) is 1.13. The normalized spacial score (nSPS) is 10.0. The van der Waals surface area contributed by atoms with Gasteiger partial charge in [-0.05, 0) is 0 Å². The van der Waals surface area contributed by atoms with Crippen LogP contribution in [0.1, 0.15) is 16.1 Å². The Morgan fingerprint density at radius 3 is 2.67 bits per heavy atom. The summed E-state index contributed by atoms with van der Waals surface area (Å²) in [5, 5.41) is 10.5. The van der Waals surface area contributed by atoms with Gasteiger partial charge in [0.15, 0.2) is 0 Å². The number of carbonyl (C=O) groups excluding carboxylic acids is 1. The lowest BCUT2D eigenvalue weighted by molar-refractivity contribution is -0.681. The number of hydrogen-bond donors (Lipinski definition) is 2. The molecule has 0 aromatic carbocycles. The van der Waals surface area contributed by atoms with Gasteiger partial charge in [-0.3, -0.25) is 14.9 Å². The Morgan fingerprint density at radius 1 is 1.67 bits per heavy atom. The van der Waals surface area contributed by atoms with Crippen molar-refractivity contribution in [2.24, 2.45) is 18.5 Å². The van der Waals surface area contributed by atoms with Gasteiger partial charge < -0.3 is 11.5 Å². The standard InChI is InChI=1S/C8H10N4O3/c1-11-4-5(12(14)15)2-6(8(10)13)7(11)3-9/h2,4H,3,9H2,1H3,(H-,10,13)/p+1. The number of rotatable bonds is 3. The van der Waals surface area contributed by atoms with E-state index < -0.39 is 10.8 Å². The number of carbonyl (C=O) groups is 1. The number of aromatic nitrogens is 1. The molecule has 0 saturated heterocycles. The van der Waals surface area contributed by atoms with E-state index in [0.717, 1.165) is 6.07 Å². The summed E-state index contributed by atoms with van der Waals surface area (Å²) in [4.78, 5) is 21.0. The smallest absolute Gasteiger partial charge is 0.333 e. The number of primary amides is 1. The molecule has 0 unspecified atom stereocenters. The first-order valence-electron chi connectivity index (χ1n) is 4.14. The van der Waals surface area contributed by atoms with Crippen LogP contribution in [0.4, 0.5) is 5.69 Å². The third-order valence-corrected chi connectivity index (χ3v) is 2.02. The van der Waals surface area contributed by atoms with Crippen LogP contribution < -0.4 is 16.0 Å². The molecule has 1 aromatic rings. The maximum absolute atomic E-state index is 11.0. The lowest BCUT2D eigenvalue weighted by atomic mass is 10.1. The summed E-state index contributed by atoms with van der Waals surface area (Å²) in [7, 11) is 1.57. The number of nitrogens with two attached hydrogens (primary N) is 2. The van der Waals surface area contributed by atoms with Gasteiger partial charge in [0.25, 0.3) is 5.91 Å². The largest absolute Gasteiger partial charge is 0.365 e. The molecule has 0 spiro atoms. The first kappa shape index (κ1) is 11.1. The lowest BCUT2D eigenvalue weighted by Crippen LogP contribution is -2.38. The van der Waals surface area contributed by atoms with Crippen LogP contribution in [0.3, 0.4) is 0 Å². The molecule has 1 heterocycles. The summed E-state index contributed by atoms with van der Waals surface area (Å²) in [6.07, 6.45) is 1.29. The lowest BCUT2D eigenvalue weighted by Gasteiger charge is -2.01. The number of nitro groups is 1. The maximum atomic E-state index is 11.0. The molecule has 0 aliphatic carbocycles. The molecule has 0 fully saturated rings. The molecule has 7 heteroatoms. The van der Waals surface area contributed by atoms with Crippen molar-refractivity contribution in [2.75, 3.05) is 0 Å². The quantitative estimate of drug-likeness (QED) is 0.378. The molecule has 1 rings (SSSR count). The average molecular weight is 211 g/mol. The second-order valence-corrected chi connectivity index (χ2v) is 3.00. The van der Waals surface area contributed by atoms with Crippen molar-refractivity contribution in [3.63, 3.8) is 0 Å². The summed E-state index contributed by atoms with van der Waals surface area (Å²) >= 11 is 0. The predicted octanol–water partition coefficient (Wildman–Crippen LogP) is -1.02. The number of pyridine rings is 1. The van der Waals surface area contributed by atoms with E-state index in [0.29, 0.717) is 5.69 Å². The minimum absolute atomic E-state index is 0.0780. The summed E-state index contributed by atoms with van der Waals surface area (Å²) in [6.45, 7) is 0.0900. The topological polar surface area (TPSA) is 116 Å². The highest BCUT2D eigenvalue weighted by molar-refractivity contribution is 5.94. The summed E-state index contributed by atoms with van der Waals surface area (Å²) in [5.41, 5.74) is 10.9. The van der Waals surface area contributed by atoms with E-state index in [1.54, 1.807) is 7.05 Å². The number of amides is 1. The summed E-state index contributed by atoms with van der Waals surface area (Å²) in [5.74, 6) is -0.727. The highest BCUT2D eigenvalue weighted by Gasteiger charge is 2.22. The Hall–Kier alpha value is -2.02. The minimum atomic E-state index is -0.727. The van der Waals surface area contributed by atoms with E-state index in [1.165, 1.54) is 10.8 Å². The van der Waals surface area contributed by atoms with Gasteiger partial charge in [-0.25, -0.2) is 0 Å². The Kier molecular flexibility index (Phi) is 2.96. The fourth-order valence-electron chi connectivity index (χ4n) is 1.30. The molecule has 4 N–H and O–H groups in total. The van der Waals surface area contributed by atoms with E-state index in [2.05, 4.69) is 0 Å². The van der Waals surface area contributed by atoms with Crippen molar-refractivity contribution in [2.45, 2.75) is 6.54 Å². The van der Waals surface area contributed by atoms with Crippen molar-refractivity contribution in [3.8, 4) is 0 Å². The van der Waals surface area contributed by atoms with Gasteiger partial charge in [0.05, 0.1) is 11.5 Å². The predicted molar refractivity (Wildman–Crippen MR) is 50.7 cm³/mol. The molecule has 0 aliphatic heterocycles. The second-order valence-electron chi connectivity index (χ2n) is 3.00. The van der Waals surface area contributed by atoms with Crippen molar-refractivity contribution in [1.82, 2.24) is 0 Å². The van der Waals surface area contributed by atoms with Gasteiger partial charge >= 0.3 is 5.69 Å². The van der Waals surface area contributed by atoms with Gasteiger partial charge in [-0.1, -0.05) is 0 Å². The molecule has 80 valence electrons. The minimum Gasteiger partial charge on any atom is -0.365 e. The fraction of sp³-hybridized carbons (Fsp3) is 0.250. The van der Waals surface area contributed by atoms with Crippen molar-refractivity contribution in [1.29, 1.82) is 0 Å². The van der Waals surface area contributed by atoms with E-state index >= 15 is 0 Å². The molecule has 15 heavy (non-hydrogen) atoms. The van der Waals surface area contributed by atoms with E-state index in [-0.39, 0.29) is 17.8 Å². The highest BCUT2D eigenvalue weighted by atomic mass is 16.6. The number of nitrogens with zero attached hydrogens (tertiary/aromatic N) is 2. The number of aryl methyl sites for hydroxylation is 1. The summed E-state index contributed by atoms with van der Waals surface area (Å²) < 4.78 is 1.43. The first-order valence-corrected chi connectivity index (χ1v) is 4.14. The van der Waals surface area contributed by atoms with Gasteiger partial charge in [0, 0.05) is 6.07 Å². The van der Waals surface area contributed by atoms with Crippen LogP contribution in [0.2, 0.25) is 0 Å². The Balaban J connectivity index is 3.45. The van der Waals surface area contributed by atoms with Crippen LogP contribution >= 0.6 is 0 Å². The fourth-order valence-corrected chi connectivity index (χ4v) is 1.30.